The van der Waals surface area contributed by atoms with Crippen molar-refractivity contribution in [3.05, 3.63) is 29.8 Å². The molecule has 0 bridgehead atoms. The molecule has 2 atom stereocenters. The Hall–Kier alpha value is -1.51. The van der Waals surface area contributed by atoms with E-state index in [1.54, 1.807) is 0 Å². The lowest BCUT2D eigenvalue weighted by atomic mass is 10.0. The molecule has 0 saturated heterocycles. The van der Waals surface area contributed by atoms with Crippen molar-refractivity contribution >= 4 is 11.6 Å². The van der Waals surface area contributed by atoms with Gasteiger partial charge >= 0.3 is 0 Å². The van der Waals surface area contributed by atoms with Crippen LogP contribution in [0.1, 0.15) is 31.2 Å². The van der Waals surface area contributed by atoms with E-state index in [4.69, 9.17) is 5.73 Å². The largest absolute Gasteiger partial charge is 0.399 e. The predicted molar refractivity (Wildman–Crippen MR) is 76.5 cm³/mol. The minimum atomic E-state index is 0.285. The second-order valence-corrected chi connectivity index (χ2v) is 5.92. The third-order valence-corrected chi connectivity index (χ3v) is 4.65. The minimum Gasteiger partial charge on any atom is -0.399 e. The van der Waals surface area contributed by atoms with Crippen molar-refractivity contribution in [2.24, 2.45) is 17.8 Å². The molecule has 2 aliphatic carbocycles. The van der Waals surface area contributed by atoms with Gasteiger partial charge < -0.3 is 11.1 Å². The molecule has 1 aromatic rings. The van der Waals surface area contributed by atoms with Gasteiger partial charge in [-0.1, -0.05) is 25.0 Å². The van der Waals surface area contributed by atoms with E-state index in [0.29, 0.717) is 17.8 Å². The summed E-state index contributed by atoms with van der Waals surface area (Å²) in [5.41, 5.74) is 7.66. The average Bonchev–Trinajstić information content (AvgIpc) is 3.15. The Bertz CT molecular complexity index is 442. The Morgan fingerprint density at radius 3 is 2.42 bits per heavy atom. The second kappa shape index (κ2) is 5.24. The first-order chi connectivity index (χ1) is 9.25. The number of nitrogens with one attached hydrogen (secondary N) is 1. The lowest BCUT2D eigenvalue weighted by Gasteiger charge is -2.05. The minimum absolute atomic E-state index is 0.285. The molecular formula is C16H22N2O. The van der Waals surface area contributed by atoms with E-state index < -0.39 is 0 Å². The van der Waals surface area contributed by atoms with E-state index in [9.17, 15) is 4.79 Å². The smallest absolute Gasteiger partial charge is 0.223 e. The van der Waals surface area contributed by atoms with Gasteiger partial charge in [0.15, 0.2) is 0 Å². The molecule has 0 aliphatic heterocycles. The number of nitrogen functional groups attached to an aromatic ring is 1. The fourth-order valence-electron chi connectivity index (χ4n) is 3.51. The Morgan fingerprint density at radius 2 is 1.79 bits per heavy atom. The Kier molecular flexibility index (Phi) is 3.45. The molecule has 0 aromatic heterocycles. The summed E-state index contributed by atoms with van der Waals surface area (Å²) in [6.45, 7) is 0.735. The number of hydrogen-bond acceptors (Lipinski definition) is 2. The molecule has 3 N–H and O–H groups in total. The van der Waals surface area contributed by atoms with Crippen molar-refractivity contribution in [3.63, 3.8) is 0 Å². The van der Waals surface area contributed by atoms with Gasteiger partial charge in [0.1, 0.15) is 0 Å². The molecule has 3 nitrogen and oxygen atoms in total. The van der Waals surface area contributed by atoms with Crippen molar-refractivity contribution in [2.45, 2.75) is 32.1 Å². The van der Waals surface area contributed by atoms with Gasteiger partial charge in [-0.15, -0.1) is 0 Å². The zero-order chi connectivity index (χ0) is 13.2. The van der Waals surface area contributed by atoms with Crippen molar-refractivity contribution in [2.75, 3.05) is 12.3 Å². The van der Waals surface area contributed by atoms with Gasteiger partial charge in [-0.3, -0.25) is 4.79 Å². The van der Waals surface area contributed by atoms with Crippen LogP contribution >= 0.6 is 0 Å². The number of nitrogens with two attached hydrogens (primary N) is 1. The van der Waals surface area contributed by atoms with E-state index >= 15 is 0 Å². The lowest BCUT2D eigenvalue weighted by Crippen LogP contribution is -2.28. The molecule has 2 fully saturated rings. The number of fused-ring (bicyclic) bond motifs is 1. The topological polar surface area (TPSA) is 55.1 Å². The average molecular weight is 258 g/mol. The van der Waals surface area contributed by atoms with Gasteiger partial charge in [-0.2, -0.15) is 0 Å². The number of rotatable bonds is 4. The van der Waals surface area contributed by atoms with E-state index in [1.165, 1.54) is 31.2 Å². The fraction of sp³-hybridized carbons (Fsp3) is 0.562. The van der Waals surface area contributed by atoms with Crippen molar-refractivity contribution < 1.29 is 4.79 Å². The molecule has 2 saturated carbocycles. The predicted octanol–water partition coefficient (Wildman–Crippen LogP) is 2.36. The number of benzene rings is 1. The number of hydrogen-bond donors (Lipinski definition) is 2. The number of carbonyl (C=O) groups is 1. The zero-order valence-corrected chi connectivity index (χ0v) is 11.3. The van der Waals surface area contributed by atoms with Crippen LogP contribution in [0.2, 0.25) is 0 Å². The molecular weight excluding hydrogens is 236 g/mol. The monoisotopic (exact) mass is 258 g/mol. The zero-order valence-electron chi connectivity index (χ0n) is 11.3. The Morgan fingerprint density at radius 1 is 1.16 bits per heavy atom. The van der Waals surface area contributed by atoms with Gasteiger partial charge in [0.25, 0.3) is 0 Å². The van der Waals surface area contributed by atoms with Gasteiger partial charge in [0.05, 0.1) is 0 Å². The van der Waals surface area contributed by atoms with Crippen molar-refractivity contribution in [3.8, 4) is 0 Å². The van der Waals surface area contributed by atoms with Crippen LogP contribution in [0.25, 0.3) is 0 Å². The summed E-state index contributed by atoms with van der Waals surface area (Å²) < 4.78 is 0. The van der Waals surface area contributed by atoms with Crippen LogP contribution in [0.15, 0.2) is 24.3 Å². The number of carbonyl (C=O) groups excluding carboxylic acids is 1. The summed E-state index contributed by atoms with van der Waals surface area (Å²) in [6, 6.07) is 7.87. The number of amides is 1. The fourth-order valence-corrected chi connectivity index (χ4v) is 3.51. The van der Waals surface area contributed by atoms with Crippen molar-refractivity contribution in [1.29, 1.82) is 0 Å². The standard InChI is InChI=1S/C16H22N2O/c17-12-7-5-11(6-8-12)9-10-18-16(19)15-13-3-1-2-4-14(13)15/h5-8,13-15H,1-4,9-10,17H2,(H,18,19). The SMILES string of the molecule is Nc1ccc(CCNC(=O)C2C3CCCCC32)cc1. The lowest BCUT2D eigenvalue weighted by molar-refractivity contribution is -0.122. The van der Waals surface area contributed by atoms with Gasteiger partial charge in [-0.25, -0.2) is 0 Å². The van der Waals surface area contributed by atoms with E-state index in [0.717, 1.165) is 18.7 Å². The van der Waals surface area contributed by atoms with Crippen LogP contribution < -0.4 is 11.1 Å². The van der Waals surface area contributed by atoms with Crippen LogP contribution in [0.4, 0.5) is 5.69 Å². The Labute approximate surface area is 114 Å². The highest BCUT2D eigenvalue weighted by molar-refractivity contribution is 5.82. The second-order valence-electron chi connectivity index (χ2n) is 5.92. The first-order valence-electron chi connectivity index (χ1n) is 7.38. The van der Waals surface area contributed by atoms with Crippen LogP contribution in [-0.2, 0) is 11.2 Å². The summed E-state index contributed by atoms with van der Waals surface area (Å²) in [4.78, 5) is 12.1. The van der Waals surface area contributed by atoms with Gasteiger partial charge in [-0.05, 0) is 48.8 Å². The van der Waals surface area contributed by atoms with Gasteiger partial charge in [0.2, 0.25) is 5.91 Å². The maximum atomic E-state index is 12.1. The molecule has 1 aromatic carbocycles. The van der Waals surface area contributed by atoms with Crippen LogP contribution in [-0.4, -0.2) is 12.5 Å². The molecule has 2 aliphatic rings. The molecule has 0 radical (unpaired) electrons. The maximum Gasteiger partial charge on any atom is 0.223 e. The highest BCUT2D eigenvalue weighted by Gasteiger charge is 2.54. The third kappa shape index (κ3) is 2.75. The van der Waals surface area contributed by atoms with E-state index in [1.807, 2.05) is 24.3 Å². The Balaban J connectivity index is 1.43. The maximum absolute atomic E-state index is 12.1. The molecule has 3 rings (SSSR count). The van der Waals surface area contributed by atoms with E-state index in [-0.39, 0.29) is 5.91 Å². The molecule has 102 valence electrons. The highest BCUT2D eigenvalue weighted by atomic mass is 16.2. The highest BCUT2D eigenvalue weighted by Crippen LogP contribution is 2.55. The normalized spacial score (nSPS) is 28.5. The summed E-state index contributed by atoms with van der Waals surface area (Å²) >= 11 is 0. The summed E-state index contributed by atoms with van der Waals surface area (Å²) in [7, 11) is 0. The number of anilines is 1. The molecule has 1 amide bonds. The van der Waals surface area contributed by atoms with Gasteiger partial charge in [0, 0.05) is 18.2 Å². The summed E-state index contributed by atoms with van der Waals surface area (Å²) in [5.74, 6) is 2.01. The van der Waals surface area contributed by atoms with Crippen molar-refractivity contribution in [1.82, 2.24) is 5.32 Å². The molecule has 3 heteroatoms. The van der Waals surface area contributed by atoms with Crippen LogP contribution in [0, 0.1) is 17.8 Å². The van der Waals surface area contributed by atoms with Crippen LogP contribution in [0.5, 0.6) is 0 Å². The molecule has 0 spiro atoms. The molecule has 0 heterocycles. The molecule has 2 unspecified atom stereocenters. The first-order valence-corrected chi connectivity index (χ1v) is 7.38. The van der Waals surface area contributed by atoms with E-state index in [2.05, 4.69) is 5.32 Å². The quantitative estimate of drug-likeness (QED) is 0.815. The summed E-state index contributed by atoms with van der Waals surface area (Å²) in [6.07, 6.45) is 6.04. The van der Waals surface area contributed by atoms with Crippen LogP contribution in [0.3, 0.4) is 0 Å². The first kappa shape index (κ1) is 12.5. The molecule has 19 heavy (non-hydrogen) atoms. The summed E-state index contributed by atoms with van der Waals surface area (Å²) in [5, 5.41) is 3.09. The third-order valence-electron chi connectivity index (χ3n) is 4.65.